The fourth-order valence-electron chi connectivity index (χ4n) is 2.57. The number of ketones is 1. The minimum absolute atomic E-state index is 0.0263. The SMILES string of the molecule is CCCCCOc1ccc(C(=O)Nc2nnc(SCC(=O)c3ccccc3)s2)cc1. The molecule has 0 bridgehead atoms. The summed E-state index contributed by atoms with van der Waals surface area (Å²) in [6.07, 6.45) is 3.31. The van der Waals surface area contributed by atoms with Gasteiger partial charge in [0.2, 0.25) is 5.13 Å². The third-order valence-corrected chi connectivity index (χ3v) is 6.15. The number of nitrogens with zero attached hydrogens (tertiary/aromatic N) is 2. The third kappa shape index (κ3) is 6.67. The zero-order valence-corrected chi connectivity index (χ0v) is 18.3. The molecule has 3 aromatic rings. The minimum Gasteiger partial charge on any atom is -0.494 e. The topological polar surface area (TPSA) is 81.2 Å². The highest BCUT2D eigenvalue weighted by Gasteiger charge is 2.13. The summed E-state index contributed by atoms with van der Waals surface area (Å²) < 4.78 is 6.29. The number of hydrogen-bond acceptors (Lipinski definition) is 7. The molecule has 0 spiro atoms. The number of ether oxygens (including phenoxy) is 1. The van der Waals surface area contributed by atoms with E-state index >= 15 is 0 Å². The maximum Gasteiger partial charge on any atom is 0.257 e. The number of aromatic nitrogens is 2. The minimum atomic E-state index is -0.263. The van der Waals surface area contributed by atoms with E-state index in [9.17, 15) is 9.59 Å². The van der Waals surface area contributed by atoms with Crippen LogP contribution in [0.4, 0.5) is 5.13 Å². The molecule has 1 heterocycles. The van der Waals surface area contributed by atoms with Gasteiger partial charge in [-0.2, -0.15) is 0 Å². The molecule has 0 saturated carbocycles. The summed E-state index contributed by atoms with van der Waals surface area (Å²) in [7, 11) is 0. The zero-order valence-electron chi connectivity index (χ0n) is 16.7. The Morgan fingerprint density at radius 2 is 1.77 bits per heavy atom. The van der Waals surface area contributed by atoms with Crippen LogP contribution in [-0.2, 0) is 0 Å². The van der Waals surface area contributed by atoms with Crippen LogP contribution >= 0.6 is 23.1 Å². The fraction of sp³-hybridized carbons (Fsp3) is 0.273. The van der Waals surface area contributed by atoms with E-state index in [0.29, 0.717) is 27.2 Å². The lowest BCUT2D eigenvalue weighted by molar-refractivity contribution is 0.101. The highest BCUT2D eigenvalue weighted by molar-refractivity contribution is 8.01. The van der Waals surface area contributed by atoms with Crippen LogP contribution in [0, 0.1) is 0 Å². The molecule has 0 aliphatic heterocycles. The molecule has 8 heteroatoms. The van der Waals surface area contributed by atoms with Crippen molar-refractivity contribution in [1.29, 1.82) is 0 Å². The summed E-state index contributed by atoms with van der Waals surface area (Å²) >= 11 is 2.55. The highest BCUT2D eigenvalue weighted by Crippen LogP contribution is 2.26. The van der Waals surface area contributed by atoms with E-state index in [0.717, 1.165) is 25.0 Å². The summed E-state index contributed by atoms with van der Waals surface area (Å²) in [4.78, 5) is 24.6. The summed E-state index contributed by atoms with van der Waals surface area (Å²) in [5.41, 5.74) is 1.18. The molecule has 6 nitrogen and oxygen atoms in total. The first-order valence-electron chi connectivity index (χ1n) is 9.74. The molecule has 0 unspecified atom stereocenters. The molecule has 1 N–H and O–H groups in total. The van der Waals surface area contributed by atoms with Crippen LogP contribution in [-0.4, -0.2) is 34.2 Å². The van der Waals surface area contributed by atoms with Gasteiger partial charge in [0, 0.05) is 11.1 Å². The van der Waals surface area contributed by atoms with Crippen molar-refractivity contribution in [2.24, 2.45) is 0 Å². The van der Waals surface area contributed by atoms with Crippen LogP contribution in [0.5, 0.6) is 5.75 Å². The maximum absolute atomic E-state index is 12.4. The molecule has 0 atom stereocenters. The van der Waals surface area contributed by atoms with Crippen molar-refractivity contribution in [1.82, 2.24) is 10.2 Å². The van der Waals surface area contributed by atoms with Gasteiger partial charge in [-0.15, -0.1) is 10.2 Å². The second-order valence-corrected chi connectivity index (χ2v) is 8.69. The van der Waals surface area contributed by atoms with E-state index in [1.807, 2.05) is 18.2 Å². The van der Waals surface area contributed by atoms with Crippen molar-refractivity contribution in [2.45, 2.75) is 30.5 Å². The Labute approximate surface area is 184 Å². The molecule has 0 aliphatic carbocycles. The van der Waals surface area contributed by atoms with Crippen LogP contribution in [0.15, 0.2) is 58.9 Å². The number of amides is 1. The van der Waals surface area contributed by atoms with Gasteiger partial charge in [-0.05, 0) is 30.7 Å². The second-order valence-electron chi connectivity index (χ2n) is 6.49. The molecule has 2 aromatic carbocycles. The van der Waals surface area contributed by atoms with Gasteiger partial charge in [0.25, 0.3) is 5.91 Å². The normalized spacial score (nSPS) is 10.6. The average Bonchev–Trinajstić information content (AvgIpc) is 3.23. The number of benzene rings is 2. The number of carbonyl (C=O) groups excluding carboxylic acids is 2. The maximum atomic E-state index is 12.4. The standard InChI is InChI=1S/C22H23N3O3S2/c1-2-3-7-14-28-18-12-10-17(11-13-18)20(27)23-21-24-25-22(30-21)29-15-19(26)16-8-5-4-6-9-16/h4-6,8-13H,2-3,7,14-15H2,1H3,(H,23,24,27). The lowest BCUT2D eigenvalue weighted by Crippen LogP contribution is -2.11. The Hall–Kier alpha value is -2.71. The first kappa shape index (κ1) is 22.0. The van der Waals surface area contributed by atoms with E-state index in [4.69, 9.17) is 4.74 Å². The Morgan fingerprint density at radius 1 is 1.00 bits per heavy atom. The van der Waals surface area contributed by atoms with E-state index < -0.39 is 0 Å². The van der Waals surface area contributed by atoms with Crippen molar-refractivity contribution in [3.63, 3.8) is 0 Å². The van der Waals surface area contributed by atoms with E-state index in [2.05, 4.69) is 22.4 Å². The number of anilines is 1. The fourth-order valence-corrected chi connectivity index (χ4v) is 4.21. The lowest BCUT2D eigenvalue weighted by atomic mass is 10.2. The van der Waals surface area contributed by atoms with Crippen LogP contribution in [0.25, 0.3) is 0 Å². The molecule has 0 aliphatic rings. The summed E-state index contributed by atoms with van der Waals surface area (Å²) in [6, 6.07) is 16.1. The quantitative estimate of drug-likeness (QED) is 0.187. The molecule has 1 aromatic heterocycles. The zero-order chi connectivity index (χ0) is 21.2. The number of thioether (sulfide) groups is 1. The van der Waals surface area contributed by atoms with Gasteiger partial charge in [0.1, 0.15) is 5.75 Å². The van der Waals surface area contributed by atoms with Gasteiger partial charge in [0.15, 0.2) is 10.1 Å². The van der Waals surface area contributed by atoms with Crippen LogP contribution < -0.4 is 10.1 Å². The number of rotatable bonds is 11. The number of unbranched alkanes of at least 4 members (excludes halogenated alkanes) is 2. The molecule has 156 valence electrons. The summed E-state index contributed by atoms with van der Waals surface area (Å²) in [5, 5.41) is 11.2. The predicted octanol–water partition coefficient (Wildman–Crippen LogP) is 5.33. The number of carbonyl (C=O) groups is 2. The number of nitrogens with one attached hydrogen (secondary N) is 1. The molecule has 0 radical (unpaired) electrons. The summed E-state index contributed by atoms with van der Waals surface area (Å²) in [6.45, 7) is 2.83. The van der Waals surface area contributed by atoms with Gasteiger partial charge < -0.3 is 4.74 Å². The molecular weight excluding hydrogens is 418 g/mol. The third-order valence-electron chi connectivity index (χ3n) is 4.18. The Bertz CT molecular complexity index is 959. The molecule has 30 heavy (non-hydrogen) atoms. The first-order valence-corrected chi connectivity index (χ1v) is 11.5. The molecular formula is C22H23N3O3S2. The second kappa shape index (κ2) is 11.5. The van der Waals surface area contributed by atoms with E-state index in [-0.39, 0.29) is 17.4 Å². The Balaban J connectivity index is 1.48. The summed E-state index contributed by atoms with van der Waals surface area (Å²) in [5.74, 6) is 0.783. The van der Waals surface area contributed by atoms with E-state index in [1.165, 1.54) is 23.1 Å². The van der Waals surface area contributed by atoms with E-state index in [1.54, 1.807) is 36.4 Å². The van der Waals surface area contributed by atoms with Crippen LogP contribution in [0.3, 0.4) is 0 Å². The van der Waals surface area contributed by atoms with Crippen molar-refractivity contribution in [3.8, 4) is 5.75 Å². The van der Waals surface area contributed by atoms with Gasteiger partial charge in [-0.1, -0.05) is 73.2 Å². The number of Topliss-reactive ketones (excluding diaryl/α,β-unsaturated/α-hetero) is 1. The predicted molar refractivity (Wildman–Crippen MR) is 121 cm³/mol. The average molecular weight is 442 g/mol. The Kier molecular flexibility index (Phi) is 8.41. The van der Waals surface area contributed by atoms with Gasteiger partial charge in [-0.25, -0.2) is 0 Å². The van der Waals surface area contributed by atoms with Crippen LogP contribution in [0.2, 0.25) is 0 Å². The molecule has 1 amide bonds. The molecule has 3 rings (SSSR count). The number of hydrogen-bond donors (Lipinski definition) is 1. The monoisotopic (exact) mass is 441 g/mol. The first-order chi connectivity index (χ1) is 14.7. The van der Waals surface area contributed by atoms with Crippen molar-refractivity contribution in [2.75, 3.05) is 17.7 Å². The van der Waals surface area contributed by atoms with Crippen molar-refractivity contribution in [3.05, 3.63) is 65.7 Å². The van der Waals surface area contributed by atoms with Gasteiger partial charge in [-0.3, -0.25) is 14.9 Å². The molecule has 0 fully saturated rings. The lowest BCUT2D eigenvalue weighted by Gasteiger charge is -2.06. The highest BCUT2D eigenvalue weighted by atomic mass is 32.2. The van der Waals surface area contributed by atoms with Gasteiger partial charge >= 0.3 is 0 Å². The van der Waals surface area contributed by atoms with Crippen molar-refractivity contribution < 1.29 is 14.3 Å². The largest absolute Gasteiger partial charge is 0.494 e. The van der Waals surface area contributed by atoms with Gasteiger partial charge in [0.05, 0.1) is 12.4 Å². The molecule has 0 saturated heterocycles. The Morgan fingerprint density at radius 3 is 2.50 bits per heavy atom. The van der Waals surface area contributed by atoms with Crippen LogP contribution in [0.1, 0.15) is 46.9 Å². The smallest absolute Gasteiger partial charge is 0.257 e. The van der Waals surface area contributed by atoms with Crippen molar-refractivity contribution >= 4 is 39.9 Å².